The zero-order chi connectivity index (χ0) is 17.2. The number of hydrogen-bond donors (Lipinski definition) is 1. The molecule has 0 unspecified atom stereocenters. The van der Waals surface area contributed by atoms with Crippen molar-refractivity contribution in [2.75, 3.05) is 18.0 Å². The zero-order valence-corrected chi connectivity index (χ0v) is 15.3. The number of carbonyl (C=O) groups is 1. The fraction of sp³-hybridized carbons (Fsp3) is 0.263. The lowest BCUT2D eigenvalue weighted by Gasteiger charge is -2.16. The zero-order valence-electron chi connectivity index (χ0n) is 13.7. The third-order valence-electron chi connectivity index (χ3n) is 4.39. The highest BCUT2D eigenvalue weighted by Crippen LogP contribution is 2.23. The SMILES string of the molecule is O=C(NCc1ccc(N2CCCC2)nc1)c1cc2cc(Br)ccc2o1. The van der Waals surface area contributed by atoms with Crippen molar-refractivity contribution in [3.8, 4) is 0 Å². The maximum Gasteiger partial charge on any atom is 0.287 e. The van der Waals surface area contributed by atoms with E-state index < -0.39 is 0 Å². The summed E-state index contributed by atoms with van der Waals surface area (Å²) in [5.74, 6) is 1.10. The quantitative estimate of drug-likeness (QED) is 0.716. The number of nitrogens with one attached hydrogen (secondary N) is 1. The molecule has 0 radical (unpaired) electrons. The maximum absolute atomic E-state index is 12.3. The predicted octanol–water partition coefficient (Wildman–Crippen LogP) is 4.12. The molecule has 1 aromatic carbocycles. The van der Waals surface area contributed by atoms with E-state index in [0.29, 0.717) is 17.9 Å². The topological polar surface area (TPSA) is 58.4 Å². The standard InChI is InChI=1S/C19H18BrN3O2/c20-15-4-5-16-14(9-15)10-17(25-16)19(24)22-12-13-3-6-18(21-11-13)23-7-1-2-8-23/h3-6,9-11H,1-2,7-8,12H2,(H,22,24). The van der Waals surface area contributed by atoms with Gasteiger partial charge in [0, 0.05) is 35.7 Å². The maximum atomic E-state index is 12.3. The molecular weight excluding hydrogens is 382 g/mol. The van der Waals surface area contributed by atoms with Crippen LogP contribution in [0.3, 0.4) is 0 Å². The molecule has 1 saturated heterocycles. The summed E-state index contributed by atoms with van der Waals surface area (Å²) in [6.07, 6.45) is 4.28. The Kier molecular flexibility index (Phi) is 4.44. The number of aromatic nitrogens is 1. The Bertz CT molecular complexity index is 899. The number of hydrogen-bond acceptors (Lipinski definition) is 4. The number of carbonyl (C=O) groups excluding carboxylic acids is 1. The van der Waals surface area contributed by atoms with E-state index >= 15 is 0 Å². The smallest absolute Gasteiger partial charge is 0.287 e. The van der Waals surface area contributed by atoms with Gasteiger partial charge in [-0.2, -0.15) is 0 Å². The molecule has 128 valence electrons. The van der Waals surface area contributed by atoms with Crippen LogP contribution in [-0.4, -0.2) is 24.0 Å². The van der Waals surface area contributed by atoms with E-state index in [4.69, 9.17) is 4.42 Å². The highest BCUT2D eigenvalue weighted by atomic mass is 79.9. The van der Waals surface area contributed by atoms with Crippen LogP contribution in [0, 0.1) is 0 Å². The van der Waals surface area contributed by atoms with Crippen molar-refractivity contribution >= 4 is 38.6 Å². The van der Waals surface area contributed by atoms with Gasteiger partial charge in [-0.1, -0.05) is 22.0 Å². The summed E-state index contributed by atoms with van der Waals surface area (Å²) in [6.45, 7) is 2.57. The van der Waals surface area contributed by atoms with Crippen molar-refractivity contribution in [2.24, 2.45) is 0 Å². The van der Waals surface area contributed by atoms with Gasteiger partial charge in [0.2, 0.25) is 0 Å². The predicted molar refractivity (Wildman–Crippen MR) is 101 cm³/mol. The Morgan fingerprint density at radius 1 is 1.20 bits per heavy atom. The van der Waals surface area contributed by atoms with Crippen molar-refractivity contribution in [1.82, 2.24) is 10.3 Å². The first-order valence-electron chi connectivity index (χ1n) is 8.36. The first-order valence-corrected chi connectivity index (χ1v) is 9.15. The van der Waals surface area contributed by atoms with Gasteiger partial charge in [-0.3, -0.25) is 4.79 Å². The van der Waals surface area contributed by atoms with Crippen LogP contribution in [0.5, 0.6) is 0 Å². The molecule has 3 aromatic rings. The number of amides is 1. The molecule has 2 aromatic heterocycles. The van der Waals surface area contributed by atoms with Crippen LogP contribution >= 0.6 is 15.9 Å². The number of nitrogens with zero attached hydrogens (tertiary/aromatic N) is 2. The van der Waals surface area contributed by atoms with Gasteiger partial charge < -0.3 is 14.6 Å². The molecule has 1 aliphatic heterocycles. The molecule has 4 rings (SSSR count). The Morgan fingerprint density at radius 2 is 2.04 bits per heavy atom. The molecule has 1 N–H and O–H groups in total. The Morgan fingerprint density at radius 3 is 2.80 bits per heavy atom. The van der Waals surface area contributed by atoms with Crippen LogP contribution in [-0.2, 0) is 6.54 Å². The van der Waals surface area contributed by atoms with Crippen LogP contribution in [0.15, 0.2) is 51.5 Å². The minimum Gasteiger partial charge on any atom is -0.451 e. The van der Waals surface area contributed by atoms with Crippen molar-refractivity contribution in [3.05, 3.63) is 58.4 Å². The van der Waals surface area contributed by atoms with Gasteiger partial charge in [-0.15, -0.1) is 0 Å². The summed E-state index contributed by atoms with van der Waals surface area (Å²) in [5, 5.41) is 3.78. The van der Waals surface area contributed by atoms with Gasteiger partial charge >= 0.3 is 0 Å². The molecule has 5 nitrogen and oxygen atoms in total. The largest absolute Gasteiger partial charge is 0.451 e. The minimum atomic E-state index is -0.226. The van der Waals surface area contributed by atoms with Crippen molar-refractivity contribution in [2.45, 2.75) is 19.4 Å². The third-order valence-corrected chi connectivity index (χ3v) is 4.89. The lowest BCUT2D eigenvalue weighted by molar-refractivity contribution is 0.0925. The molecule has 1 fully saturated rings. The second-order valence-corrected chi connectivity index (χ2v) is 7.11. The van der Waals surface area contributed by atoms with Crippen LogP contribution in [0.1, 0.15) is 29.0 Å². The Labute approximate surface area is 154 Å². The molecule has 0 atom stereocenters. The molecule has 6 heteroatoms. The fourth-order valence-electron chi connectivity index (χ4n) is 3.05. The lowest BCUT2D eigenvalue weighted by atomic mass is 10.2. The second kappa shape index (κ2) is 6.88. The first-order chi connectivity index (χ1) is 12.2. The minimum absolute atomic E-state index is 0.226. The fourth-order valence-corrected chi connectivity index (χ4v) is 3.43. The highest BCUT2D eigenvalue weighted by molar-refractivity contribution is 9.10. The van der Waals surface area contributed by atoms with Gasteiger partial charge in [0.25, 0.3) is 5.91 Å². The summed E-state index contributed by atoms with van der Waals surface area (Å²) < 4.78 is 6.56. The van der Waals surface area contributed by atoms with E-state index in [1.165, 1.54) is 12.8 Å². The molecule has 0 aliphatic carbocycles. The van der Waals surface area contributed by atoms with Gasteiger partial charge in [0.15, 0.2) is 5.76 Å². The molecule has 0 saturated carbocycles. The normalized spacial score (nSPS) is 14.2. The summed E-state index contributed by atoms with van der Waals surface area (Å²) in [6, 6.07) is 11.4. The highest BCUT2D eigenvalue weighted by Gasteiger charge is 2.14. The number of benzene rings is 1. The van der Waals surface area contributed by atoms with Crippen molar-refractivity contribution < 1.29 is 9.21 Å². The Hall–Kier alpha value is -2.34. The average Bonchev–Trinajstić information content (AvgIpc) is 3.29. The third kappa shape index (κ3) is 3.54. The van der Waals surface area contributed by atoms with Gasteiger partial charge in [0.1, 0.15) is 11.4 Å². The summed E-state index contributed by atoms with van der Waals surface area (Å²) in [4.78, 5) is 19.1. The number of pyridine rings is 1. The van der Waals surface area contributed by atoms with Crippen LogP contribution in [0.4, 0.5) is 5.82 Å². The average molecular weight is 400 g/mol. The van der Waals surface area contributed by atoms with E-state index in [0.717, 1.165) is 34.3 Å². The number of fused-ring (bicyclic) bond motifs is 1. The van der Waals surface area contributed by atoms with Crippen molar-refractivity contribution in [1.29, 1.82) is 0 Å². The monoisotopic (exact) mass is 399 g/mol. The van der Waals surface area contributed by atoms with Gasteiger partial charge in [0.05, 0.1) is 0 Å². The molecule has 25 heavy (non-hydrogen) atoms. The first kappa shape index (κ1) is 16.1. The number of furan rings is 1. The second-order valence-electron chi connectivity index (χ2n) is 6.19. The van der Waals surface area contributed by atoms with E-state index in [2.05, 4.69) is 31.1 Å². The van der Waals surface area contributed by atoms with E-state index in [1.807, 2.05) is 36.5 Å². The molecular formula is C19H18BrN3O2. The van der Waals surface area contributed by atoms with Crippen LogP contribution < -0.4 is 10.2 Å². The summed E-state index contributed by atoms with van der Waals surface area (Å²) >= 11 is 3.42. The van der Waals surface area contributed by atoms with Gasteiger partial charge in [-0.25, -0.2) is 4.98 Å². The van der Waals surface area contributed by atoms with E-state index in [9.17, 15) is 4.79 Å². The molecule has 1 amide bonds. The summed E-state index contributed by atoms with van der Waals surface area (Å²) in [5.41, 5.74) is 1.67. The molecule has 3 heterocycles. The van der Waals surface area contributed by atoms with Crippen LogP contribution in [0.25, 0.3) is 11.0 Å². The number of halogens is 1. The summed E-state index contributed by atoms with van der Waals surface area (Å²) in [7, 11) is 0. The van der Waals surface area contributed by atoms with Crippen LogP contribution in [0.2, 0.25) is 0 Å². The van der Waals surface area contributed by atoms with Gasteiger partial charge in [-0.05, 0) is 48.7 Å². The van der Waals surface area contributed by atoms with E-state index in [-0.39, 0.29) is 5.91 Å². The molecule has 1 aliphatic rings. The number of rotatable bonds is 4. The molecule has 0 spiro atoms. The van der Waals surface area contributed by atoms with E-state index in [1.54, 1.807) is 6.07 Å². The lowest BCUT2D eigenvalue weighted by Crippen LogP contribution is -2.23. The molecule has 0 bridgehead atoms. The Balaban J connectivity index is 1.40. The number of anilines is 1. The van der Waals surface area contributed by atoms with Crippen molar-refractivity contribution in [3.63, 3.8) is 0 Å².